The Hall–Kier alpha value is -1.26. The quantitative estimate of drug-likeness (QED) is 0.720. The van der Waals surface area contributed by atoms with Crippen molar-refractivity contribution >= 4 is 11.6 Å². The molecular weight excluding hydrogens is 182 g/mol. The lowest BCUT2D eigenvalue weighted by Gasteiger charge is -1.99. The molecule has 0 atom stereocenters. The average molecular weight is 192 g/mol. The first-order chi connectivity index (χ1) is 6.22. The molecule has 1 aromatic carbocycles. The first kappa shape index (κ1) is 9.83. The summed E-state index contributed by atoms with van der Waals surface area (Å²) in [7, 11) is 0. The van der Waals surface area contributed by atoms with Gasteiger partial charge in [-0.3, -0.25) is 0 Å². The molecule has 0 aromatic heterocycles. The summed E-state index contributed by atoms with van der Waals surface area (Å²) in [5.74, 6) is 0. The van der Waals surface area contributed by atoms with E-state index in [0.717, 1.165) is 12.8 Å². The molecule has 0 radical (unpaired) electrons. The van der Waals surface area contributed by atoms with E-state index in [-0.39, 0.29) is 0 Å². The van der Waals surface area contributed by atoms with Gasteiger partial charge in [0.2, 0.25) is 0 Å². The fraction of sp³-hybridized carbons (Fsp3) is 0.182. The Labute approximate surface area is 83.3 Å². The van der Waals surface area contributed by atoms with Gasteiger partial charge in [-0.2, -0.15) is 5.26 Å². The van der Waals surface area contributed by atoms with E-state index in [1.54, 1.807) is 0 Å². The SMILES string of the molecule is C=C(Cl)CCc1ccc(C#N)cc1. The van der Waals surface area contributed by atoms with Crippen LogP contribution in [0.3, 0.4) is 0 Å². The van der Waals surface area contributed by atoms with E-state index < -0.39 is 0 Å². The van der Waals surface area contributed by atoms with Crippen molar-refractivity contribution < 1.29 is 0 Å². The lowest BCUT2D eigenvalue weighted by Crippen LogP contribution is -1.84. The molecule has 0 aliphatic carbocycles. The largest absolute Gasteiger partial charge is 0.192 e. The molecule has 66 valence electrons. The molecule has 0 fully saturated rings. The van der Waals surface area contributed by atoms with Gasteiger partial charge in [0.15, 0.2) is 0 Å². The standard InChI is InChI=1S/C11H10ClN/c1-9(12)2-3-10-4-6-11(8-13)7-5-10/h4-7H,1-3H2. The van der Waals surface area contributed by atoms with Gasteiger partial charge in [0.25, 0.3) is 0 Å². The van der Waals surface area contributed by atoms with Gasteiger partial charge in [0.05, 0.1) is 11.6 Å². The lowest BCUT2D eigenvalue weighted by molar-refractivity contribution is 0.989. The molecule has 0 aliphatic rings. The Morgan fingerprint density at radius 2 is 2.00 bits per heavy atom. The van der Waals surface area contributed by atoms with Crippen molar-refractivity contribution in [2.24, 2.45) is 0 Å². The number of nitrogens with zero attached hydrogens (tertiary/aromatic N) is 1. The number of hydrogen-bond donors (Lipinski definition) is 0. The Balaban J connectivity index is 2.60. The molecule has 0 amide bonds. The van der Waals surface area contributed by atoms with Crippen molar-refractivity contribution in [2.75, 3.05) is 0 Å². The van der Waals surface area contributed by atoms with Crippen molar-refractivity contribution in [3.8, 4) is 6.07 Å². The molecule has 0 aliphatic heterocycles. The molecule has 0 saturated carbocycles. The van der Waals surface area contributed by atoms with Crippen LogP contribution < -0.4 is 0 Å². The Morgan fingerprint density at radius 1 is 1.38 bits per heavy atom. The van der Waals surface area contributed by atoms with Crippen LogP contribution in [0.4, 0.5) is 0 Å². The van der Waals surface area contributed by atoms with Crippen LogP contribution in [0, 0.1) is 11.3 Å². The molecule has 0 unspecified atom stereocenters. The third kappa shape index (κ3) is 3.31. The normalized spacial score (nSPS) is 9.23. The minimum Gasteiger partial charge on any atom is -0.192 e. The number of aryl methyl sites for hydroxylation is 1. The fourth-order valence-corrected chi connectivity index (χ4v) is 1.12. The van der Waals surface area contributed by atoms with Crippen molar-refractivity contribution in [2.45, 2.75) is 12.8 Å². The van der Waals surface area contributed by atoms with Crippen LogP contribution in [0.5, 0.6) is 0 Å². The second-order valence-corrected chi connectivity index (χ2v) is 3.36. The number of allylic oxidation sites excluding steroid dienone is 1. The zero-order chi connectivity index (χ0) is 9.68. The van der Waals surface area contributed by atoms with Gasteiger partial charge in [0.1, 0.15) is 0 Å². The molecule has 13 heavy (non-hydrogen) atoms. The van der Waals surface area contributed by atoms with Crippen molar-refractivity contribution in [3.05, 3.63) is 47.0 Å². The minimum absolute atomic E-state index is 0.671. The lowest BCUT2D eigenvalue weighted by atomic mass is 10.1. The van der Waals surface area contributed by atoms with Gasteiger partial charge in [-0.05, 0) is 30.5 Å². The molecule has 0 saturated heterocycles. The van der Waals surface area contributed by atoms with Gasteiger partial charge in [-0.1, -0.05) is 30.3 Å². The molecule has 0 heterocycles. The fourth-order valence-electron chi connectivity index (χ4n) is 1.03. The Morgan fingerprint density at radius 3 is 2.46 bits per heavy atom. The maximum Gasteiger partial charge on any atom is 0.0991 e. The summed E-state index contributed by atoms with van der Waals surface area (Å²) in [5.41, 5.74) is 1.87. The van der Waals surface area contributed by atoms with Crippen molar-refractivity contribution in [3.63, 3.8) is 0 Å². The smallest absolute Gasteiger partial charge is 0.0991 e. The molecule has 0 spiro atoms. The summed E-state index contributed by atoms with van der Waals surface area (Å²) in [6.45, 7) is 3.62. The Kier molecular flexibility index (Phi) is 3.54. The van der Waals surface area contributed by atoms with E-state index in [9.17, 15) is 0 Å². The predicted molar refractivity (Wildman–Crippen MR) is 54.5 cm³/mol. The number of rotatable bonds is 3. The zero-order valence-corrected chi connectivity index (χ0v) is 8.01. The number of hydrogen-bond acceptors (Lipinski definition) is 1. The van der Waals surface area contributed by atoms with Crippen LogP contribution in [-0.2, 0) is 6.42 Å². The summed E-state index contributed by atoms with van der Waals surface area (Å²) in [6, 6.07) is 9.58. The van der Waals surface area contributed by atoms with Crippen LogP contribution in [0.25, 0.3) is 0 Å². The topological polar surface area (TPSA) is 23.8 Å². The van der Waals surface area contributed by atoms with Crippen LogP contribution in [-0.4, -0.2) is 0 Å². The number of nitriles is 1. The van der Waals surface area contributed by atoms with Gasteiger partial charge >= 0.3 is 0 Å². The predicted octanol–water partition coefficient (Wildman–Crippen LogP) is 3.24. The number of halogens is 1. The minimum atomic E-state index is 0.671. The van der Waals surface area contributed by atoms with E-state index in [1.165, 1.54) is 5.56 Å². The molecule has 1 aromatic rings. The first-order valence-corrected chi connectivity index (χ1v) is 4.42. The maximum atomic E-state index is 8.56. The summed E-state index contributed by atoms with van der Waals surface area (Å²) in [5, 5.41) is 9.23. The van der Waals surface area contributed by atoms with Crippen LogP contribution in [0.1, 0.15) is 17.5 Å². The third-order valence-electron chi connectivity index (χ3n) is 1.77. The number of benzene rings is 1. The van der Waals surface area contributed by atoms with Crippen LogP contribution in [0.15, 0.2) is 35.9 Å². The van der Waals surface area contributed by atoms with Gasteiger partial charge in [0, 0.05) is 5.03 Å². The van der Waals surface area contributed by atoms with E-state index >= 15 is 0 Å². The highest BCUT2D eigenvalue weighted by molar-refractivity contribution is 6.29. The second kappa shape index (κ2) is 4.69. The molecule has 1 nitrogen and oxygen atoms in total. The average Bonchev–Trinajstić information content (AvgIpc) is 2.15. The molecule has 0 bridgehead atoms. The maximum absolute atomic E-state index is 8.56. The first-order valence-electron chi connectivity index (χ1n) is 4.04. The van der Waals surface area contributed by atoms with Gasteiger partial charge < -0.3 is 0 Å². The monoisotopic (exact) mass is 191 g/mol. The van der Waals surface area contributed by atoms with Crippen molar-refractivity contribution in [1.29, 1.82) is 5.26 Å². The van der Waals surface area contributed by atoms with Crippen LogP contribution in [0.2, 0.25) is 0 Å². The highest BCUT2D eigenvalue weighted by atomic mass is 35.5. The van der Waals surface area contributed by atoms with E-state index in [0.29, 0.717) is 10.6 Å². The summed E-state index contributed by atoms with van der Waals surface area (Å²) >= 11 is 5.64. The summed E-state index contributed by atoms with van der Waals surface area (Å²) in [4.78, 5) is 0. The third-order valence-corrected chi connectivity index (χ3v) is 1.96. The highest BCUT2D eigenvalue weighted by Crippen LogP contribution is 2.11. The summed E-state index contributed by atoms with van der Waals surface area (Å²) < 4.78 is 0. The van der Waals surface area contributed by atoms with Crippen molar-refractivity contribution in [1.82, 2.24) is 0 Å². The van der Waals surface area contributed by atoms with Gasteiger partial charge in [-0.25, -0.2) is 0 Å². The van der Waals surface area contributed by atoms with E-state index in [4.69, 9.17) is 16.9 Å². The highest BCUT2D eigenvalue weighted by Gasteiger charge is 1.94. The molecular formula is C11H10ClN. The second-order valence-electron chi connectivity index (χ2n) is 2.83. The Bertz CT molecular complexity index is 332. The van der Waals surface area contributed by atoms with E-state index in [1.807, 2.05) is 24.3 Å². The van der Waals surface area contributed by atoms with Crippen LogP contribution >= 0.6 is 11.6 Å². The zero-order valence-electron chi connectivity index (χ0n) is 7.26. The summed E-state index contributed by atoms with van der Waals surface area (Å²) in [6.07, 6.45) is 1.67. The van der Waals surface area contributed by atoms with E-state index in [2.05, 4.69) is 12.6 Å². The van der Waals surface area contributed by atoms with Gasteiger partial charge in [-0.15, -0.1) is 0 Å². The molecule has 1 rings (SSSR count). The molecule has 0 N–H and O–H groups in total. The molecule has 2 heteroatoms.